The smallest absolute Gasteiger partial charge is 0.0721 e. The van der Waals surface area contributed by atoms with Crippen molar-refractivity contribution >= 4 is 29.0 Å². The van der Waals surface area contributed by atoms with Crippen molar-refractivity contribution in [3.63, 3.8) is 0 Å². The van der Waals surface area contributed by atoms with E-state index in [1.807, 2.05) is 72.1 Å². The lowest BCUT2D eigenvalue weighted by Gasteiger charge is -2.10. The highest BCUT2D eigenvalue weighted by molar-refractivity contribution is 7.10. The topological polar surface area (TPSA) is 40.1 Å². The van der Waals surface area contributed by atoms with E-state index in [1.165, 1.54) is 11.3 Å². The molecule has 0 saturated heterocycles. The van der Waals surface area contributed by atoms with E-state index < -0.39 is 5.97 Å². The lowest BCUT2D eigenvalue weighted by molar-refractivity contribution is -0.295. The maximum Gasteiger partial charge on any atom is 0.0721 e. The summed E-state index contributed by atoms with van der Waals surface area (Å²) in [4.78, 5) is 12.3. The molecule has 0 aliphatic rings. The largest absolute Gasteiger partial charge is 0.545 e. The molecule has 0 unspecified atom stereocenters. The van der Waals surface area contributed by atoms with E-state index in [4.69, 9.17) is 0 Å². The molecule has 3 heteroatoms. The molecule has 2 nitrogen and oxygen atoms in total. The first kappa shape index (κ1) is 14.3. The van der Waals surface area contributed by atoms with Gasteiger partial charge in [0.05, 0.1) is 5.97 Å². The van der Waals surface area contributed by atoms with E-state index in [2.05, 4.69) is 0 Å². The summed E-state index contributed by atoms with van der Waals surface area (Å²) in [6, 6.07) is 21.2. The summed E-state index contributed by atoms with van der Waals surface area (Å²) in [5.74, 6) is -1.17. The van der Waals surface area contributed by atoms with Crippen LogP contribution in [0.2, 0.25) is 0 Å². The molecule has 0 N–H and O–H groups in total. The van der Waals surface area contributed by atoms with Crippen LogP contribution < -0.4 is 5.11 Å². The van der Waals surface area contributed by atoms with Gasteiger partial charge < -0.3 is 9.90 Å². The zero-order valence-corrected chi connectivity index (χ0v) is 12.5. The first-order valence-corrected chi connectivity index (χ1v) is 7.74. The van der Waals surface area contributed by atoms with Gasteiger partial charge in [0, 0.05) is 10.5 Å². The lowest BCUT2D eigenvalue weighted by atomic mass is 10.00. The fourth-order valence-corrected chi connectivity index (χ4v) is 2.91. The third kappa shape index (κ3) is 3.15. The zero-order chi connectivity index (χ0) is 15.4. The van der Waals surface area contributed by atoms with Gasteiger partial charge in [0.1, 0.15) is 0 Å². The van der Waals surface area contributed by atoms with Crippen molar-refractivity contribution in [1.82, 2.24) is 0 Å². The summed E-state index contributed by atoms with van der Waals surface area (Å²) in [6.07, 6.45) is 1.65. The van der Waals surface area contributed by atoms with Crippen LogP contribution in [0, 0.1) is 0 Å². The molecule has 2 aromatic carbocycles. The normalized spacial score (nSPS) is 11.4. The molecule has 0 fully saturated rings. The van der Waals surface area contributed by atoms with Crippen LogP contribution in [0.25, 0.3) is 22.8 Å². The summed E-state index contributed by atoms with van der Waals surface area (Å²) in [7, 11) is 0. The minimum atomic E-state index is -1.17. The minimum Gasteiger partial charge on any atom is -0.545 e. The van der Waals surface area contributed by atoms with E-state index >= 15 is 0 Å². The maximum atomic E-state index is 11.4. The molecule has 0 radical (unpaired) electrons. The Morgan fingerprint density at radius 3 is 2.14 bits per heavy atom. The number of benzene rings is 2. The summed E-state index contributed by atoms with van der Waals surface area (Å²) in [5, 5.41) is 13.3. The molecule has 3 rings (SSSR count). The molecule has 1 heterocycles. The van der Waals surface area contributed by atoms with Crippen molar-refractivity contribution < 1.29 is 9.90 Å². The predicted octanol–water partition coefficient (Wildman–Crippen LogP) is 3.71. The van der Waals surface area contributed by atoms with Crippen LogP contribution in [0.5, 0.6) is 0 Å². The molecular weight excluding hydrogens is 292 g/mol. The Labute approximate surface area is 133 Å². The highest BCUT2D eigenvalue weighted by Gasteiger charge is 2.05. The Morgan fingerprint density at radius 1 is 0.864 bits per heavy atom. The van der Waals surface area contributed by atoms with Crippen LogP contribution in [0.1, 0.15) is 10.4 Å². The Kier molecular flexibility index (Phi) is 4.17. The number of hydrogen-bond acceptors (Lipinski definition) is 3. The lowest BCUT2D eigenvalue weighted by Crippen LogP contribution is -2.23. The first-order chi connectivity index (χ1) is 10.7. The van der Waals surface area contributed by atoms with Gasteiger partial charge in [-0.3, -0.25) is 0 Å². The van der Waals surface area contributed by atoms with Gasteiger partial charge in [0.15, 0.2) is 0 Å². The second-order valence-corrected chi connectivity index (χ2v) is 5.78. The zero-order valence-electron chi connectivity index (χ0n) is 11.7. The van der Waals surface area contributed by atoms with Crippen LogP contribution in [0.15, 0.2) is 72.1 Å². The second-order valence-electron chi connectivity index (χ2n) is 4.80. The fraction of sp³-hybridized carbons (Fsp3) is 0. The summed E-state index contributed by atoms with van der Waals surface area (Å²) < 4.78 is 0. The minimum absolute atomic E-state index is 0.196. The van der Waals surface area contributed by atoms with Crippen molar-refractivity contribution in [2.45, 2.75) is 0 Å². The summed E-state index contributed by atoms with van der Waals surface area (Å²) in [5.41, 5.74) is 3.00. The van der Waals surface area contributed by atoms with E-state index in [1.54, 1.807) is 6.08 Å². The van der Waals surface area contributed by atoms with Crippen molar-refractivity contribution in [3.05, 3.63) is 82.6 Å². The van der Waals surface area contributed by atoms with Gasteiger partial charge in [0.2, 0.25) is 0 Å². The third-order valence-corrected chi connectivity index (χ3v) is 4.17. The van der Waals surface area contributed by atoms with E-state index in [-0.39, 0.29) is 5.57 Å². The quantitative estimate of drug-likeness (QED) is 0.689. The fourth-order valence-electron chi connectivity index (χ4n) is 2.25. The Morgan fingerprint density at radius 2 is 1.55 bits per heavy atom. The predicted molar refractivity (Wildman–Crippen MR) is 89.1 cm³/mol. The molecular formula is C19H13O2S-. The van der Waals surface area contributed by atoms with Crippen molar-refractivity contribution in [2.24, 2.45) is 0 Å². The number of rotatable bonds is 4. The highest BCUT2D eigenvalue weighted by Crippen LogP contribution is 2.24. The summed E-state index contributed by atoms with van der Waals surface area (Å²) in [6.45, 7) is 0. The molecule has 0 aliphatic carbocycles. The van der Waals surface area contributed by atoms with Crippen molar-refractivity contribution in [3.8, 4) is 11.1 Å². The molecule has 0 amide bonds. The van der Waals surface area contributed by atoms with E-state index in [0.29, 0.717) is 5.56 Å². The molecule has 0 atom stereocenters. The van der Waals surface area contributed by atoms with Crippen molar-refractivity contribution in [2.75, 3.05) is 0 Å². The van der Waals surface area contributed by atoms with Gasteiger partial charge in [-0.2, -0.15) is 0 Å². The SMILES string of the molecule is O=C([O-])/C(=C\c1cccs1)c1ccc(-c2ccccc2)cc1. The summed E-state index contributed by atoms with van der Waals surface area (Å²) >= 11 is 1.50. The number of thiophene rings is 1. The molecule has 0 saturated carbocycles. The number of carboxylic acid groups (broad SMARTS) is 1. The first-order valence-electron chi connectivity index (χ1n) is 6.86. The highest BCUT2D eigenvalue weighted by atomic mass is 32.1. The van der Waals surface area contributed by atoms with Gasteiger partial charge in [-0.25, -0.2) is 0 Å². The molecule has 22 heavy (non-hydrogen) atoms. The number of carboxylic acids is 1. The van der Waals surface area contributed by atoms with Crippen LogP contribution in [-0.4, -0.2) is 5.97 Å². The Balaban J connectivity index is 1.95. The monoisotopic (exact) mass is 305 g/mol. The molecule has 1 aromatic heterocycles. The van der Waals surface area contributed by atoms with Gasteiger partial charge in [0.25, 0.3) is 0 Å². The number of carbonyl (C=O) groups is 1. The van der Waals surface area contributed by atoms with Crippen molar-refractivity contribution in [1.29, 1.82) is 0 Å². The standard InChI is InChI=1S/C19H14O2S/c20-19(21)18(13-17-7-4-12-22-17)16-10-8-15(9-11-16)14-5-2-1-3-6-14/h1-13H,(H,20,21)/p-1/b18-13-. The maximum absolute atomic E-state index is 11.4. The van der Waals surface area contributed by atoms with Gasteiger partial charge in [-0.05, 0) is 34.2 Å². The average Bonchev–Trinajstić information content (AvgIpc) is 3.07. The second kappa shape index (κ2) is 6.41. The van der Waals surface area contributed by atoms with E-state index in [0.717, 1.165) is 16.0 Å². The number of carbonyl (C=O) groups excluding carboxylic acids is 1. The van der Waals surface area contributed by atoms with Gasteiger partial charge >= 0.3 is 0 Å². The van der Waals surface area contributed by atoms with Crippen LogP contribution >= 0.6 is 11.3 Å². The molecule has 0 spiro atoms. The number of hydrogen-bond donors (Lipinski definition) is 0. The van der Waals surface area contributed by atoms with Crippen LogP contribution in [-0.2, 0) is 4.79 Å². The molecule has 0 aliphatic heterocycles. The van der Waals surface area contributed by atoms with Gasteiger partial charge in [-0.1, -0.05) is 60.7 Å². The third-order valence-electron chi connectivity index (χ3n) is 3.35. The number of aliphatic carboxylic acids is 1. The molecule has 0 bridgehead atoms. The average molecular weight is 305 g/mol. The van der Waals surface area contributed by atoms with E-state index in [9.17, 15) is 9.90 Å². The van der Waals surface area contributed by atoms with Crippen LogP contribution in [0.4, 0.5) is 0 Å². The van der Waals surface area contributed by atoms with Crippen LogP contribution in [0.3, 0.4) is 0 Å². The Hall–Kier alpha value is -2.65. The Bertz CT molecular complexity index is 785. The molecule has 108 valence electrons. The molecule has 3 aromatic rings. The van der Waals surface area contributed by atoms with Gasteiger partial charge in [-0.15, -0.1) is 11.3 Å².